The monoisotopic (exact) mass is 259 g/mol. The van der Waals surface area contributed by atoms with Crippen LogP contribution in [0.1, 0.15) is 13.3 Å². The van der Waals surface area contributed by atoms with Crippen LogP contribution in [0.2, 0.25) is 0 Å². The Kier molecular flexibility index (Phi) is 4.98. The van der Waals surface area contributed by atoms with E-state index in [-0.39, 0.29) is 0 Å². The van der Waals surface area contributed by atoms with Crippen molar-refractivity contribution in [3.8, 4) is 5.75 Å². The fourth-order valence-electron chi connectivity index (χ4n) is 1.99. The van der Waals surface area contributed by atoms with Crippen LogP contribution in [0.15, 0.2) is 30.5 Å². The van der Waals surface area contributed by atoms with Gasteiger partial charge in [0, 0.05) is 24.7 Å². The Bertz CT molecular complexity index is 528. The number of hydrogen-bond donors (Lipinski definition) is 2. The molecule has 0 bridgehead atoms. The lowest BCUT2D eigenvalue weighted by molar-refractivity contribution is 0.415. The molecule has 2 rings (SSSR count). The summed E-state index contributed by atoms with van der Waals surface area (Å²) < 4.78 is 5.24. The number of methoxy groups -OCH3 is 1. The third kappa shape index (κ3) is 3.58. The molecule has 0 aliphatic rings. The third-order valence-electron chi connectivity index (χ3n) is 2.99. The second kappa shape index (κ2) is 6.95. The maximum Gasteiger partial charge on any atom is 0.133 e. The van der Waals surface area contributed by atoms with E-state index in [2.05, 4.69) is 22.5 Å². The molecule has 0 saturated carbocycles. The highest BCUT2D eigenvalue weighted by Gasteiger charge is 2.02. The van der Waals surface area contributed by atoms with Gasteiger partial charge in [-0.05, 0) is 42.6 Å². The molecule has 2 N–H and O–H groups in total. The summed E-state index contributed by atoms with van der Waals surface area (Å²) in [6, 6.07) is 8.03. The molecule has 1 aromatic carbocycles. The van der Waals surface area contributed by atoms with E-state index in [0.717, 1.165) is 48.4 Å². The van der Waals surface area contributed by atoms with Gasteiger partial charge in [0.2, 0.25) is 0 Å². The summed E-state index contributed by atoms with van der Waals surface area (Å²) in [5.74, 6) is 1.80. The van der Waals surface area contributed by atoms with E-state index in [0.29, 0.717) is 0 Å². The Morgan fingerprint density at radius 2 is 2.05 bits per heavy atom. The van der Waals surface area contributed by atoms with Crippen molar-refractivity contribution in [1.29, 1.82) is 0 Å². The molecule has 1 aromatic heterocycles. The summed E-state index contributed by atoms with van der Waals surface area (Å²) >= 11 is 0. The Morgan fingerprint density at radius 1 is 1.16 bits per heavy atom. The largest absolute Gasteiger partial charge is 0.497 e. The minimum Gasteiger partial charge on any atom is -0.497 e. The van der Waals surface area contributed by atoms with Crippen molar-refractivity contribution in [3.05, 3.63) is 30.5 Å². The average Bonchev–Trinajstić information content (AvgIpc) is 2.46. The van der Waals surface area contributed by atoms with Gasteiger partial charge in [0.25, 0.3) is 0 Å². The van der Waals surface area contributed by atoms with Crippen LogP contribution in [0.4, 0.5) is 5.82 Å². The molecule has 0 aliphatic heterocycles. The zero-order chi connectivity index (χ0) is 13.5. The fraction of sp³-hybridized carbons (Fsp3) is 0.400. The average molecular weight is 259 g/mol. The molecular weight excluding hydrogens is 238 g/mol. The van der Waals surface area contributed by atoms with Crippen molar-refractivity contribution in [1.82, 2.24) is 10.3 Å². The lowest BCUT2D eigenvalue weighted by Gasteiger charge is -2.10. The summed E-state index contributed by atoms with van der Waals surface area (Å²) in [5.41, 5.74) is 0. The van der Waals surface area contributed by atoms with Gasteiger partial charge in [-0.3, -0.25) is 0 Å². The molecule has 19 heavy (non-hydrogen) atoms. The Balaban J connectivity index is 2.06. The third-order valence-corrected chi connectivity index (χ3v) is 2.99. The molecule has 0 aliphatic carbocycles. The van der Waals surface area contributed by atoms with Gasteiger partial charge >= 0.3 is 0 Å². The van der Waals surface area contributed by atoms with Crippen LogP contribution < -0.4 is 15.4 Å². The molecule has 2 aromatic rings. The number of anilines is 1. The highest BCUT2D eigenvalue weighted by molar-refractivity contribution is 5.92. The first-order chi connectivity index (χ1) is 9.35. The van der Waals surface area contributed by atoms with Crippen LogP contribution in [0, 0.1) is 0 Å². The van der Waals surface area contributed by atoms with Crippen LogP contribution >= 0.6 is 0 Å². The van der Waals surface area contributed by atoms with Crippen molar-refractivity contribution in [2.24, 2.45) is 0 Å². The number of nitrogens with zero attached hydrogens (tertiary/aromatic N) is 1. The number of nitrogens with one attached hydrogen (secondary N) is 2. The number of pyridine rings is 1. The van der Waals surface area contributed by atoms with Crippen LogP contribution in [-0.2, 0) is 0 Å². The molecule has 0 atom stereocenters. The Labute approximate surface area is 114 Å². The topological polar surface area (TPSA) is 46.2 Å². The van der Waals surface area contributed by atoms with E-state index < -0.39 is 0 Å². The fourth-order valence-corrected chi connectivity index (χ4v) is 1.99. The maximum atomic E-state index is 5.24. The van der Waals surface area contributed by atoms with Crippen molar-refractivity contribution < 1.29 is 4.74 Å². The van der Waals surface area contributed by atoms with E-state index in [4.69, 9.17) is 4.74 Å². The molecule has 0 amide bonds. The molecule has 4 heteroatoms. The summed E-state index contributed by atoms with van der Waals surface area (Å²) in [6.45, 7) is 5.04. The van der Waals surface area contributed by atoms with Gasteiger partial charge in [-0.25, -0.2) is 4.98 Å². The van der Waals surface area contributed by atoms with E-state index in [1.54, 1.807) is 7.11 Å². The SMILES string of the molecule is CCCNCCNc1nccc2cc(OC)ccc12. The molecule has 0 radical (unpaired) electrons. The highest BCUT2D eigenvalue weighted by atomic mass is 16.5. The summed E-state index contributed by atoms with van der Waals surface area (Å²) in [7, 11) is 1.68. The first-order valence-corrected chi connectivity index (χ1v) is 6.72. The van der Waals surface area contributed by atoms with Gasteiger partial charge < -0.3 is 15.4 Å². The Morgan fingerprint density at radius 3 is 2.84 bits per heavy atom. The predicted octanol–water partition coefficient (Wildman–Crippen LogP) is 2.65. The van der Waals surface area contributed by atoms with Gasteiger partial charge in [0.05, 0.1) is 7.11 Å². The number of rotatable bonds is 7. The molecule has 0 spiro atoms. The molecule has 102 valence electrons. The number of benzene rings is 1. The standard InChI is InChI=1S/C15H21N3O/c1-3-7-16-9-10-18-15-14-5-4-13(19-2)11-12(14)6-8-17-15/h4-6,8,11,16H,3,7,9-10H2,1-2H3,(H,17,18). The molecule has 0 unspecified atom stereocenters. The van der Waals surface area contributed by atoms with Crippen molar-refractivity contribution >= 4 is 16.6 Å². The summed E-state index contributed by atoms with van der Waals surface area (Å²) in [4.78, 5) is 4.40. The minimum atomic E-state index is 0.870. The normalized spacial score (nSPS) is 10.6. The molecule has 0 fully saturated rings. The van der Waals surface area contributed by atoms with E-state index >= 15 is 0 Å². The van der Waals surface area contributed by atoms with E-state index in [1.807, 2.05) is 30.5 Å². The van der Waals surface area contributed by atoms with Gasteiger partial charge in [0.15, 0.2) is 0 Å². The highest BCUT2D eigenvalue weighted by Crippen LogP contribution is 2.24. The van der Waals surface area contributed by atoms with Crippen molar-refractivity contribution in [3.63, 3.8) is 0 Å². The van der Waals surface area contributed by atoms with Crippen LogP contribution in [0.5, 0.6) is 5.75 Å². The summed E-state index contributed by atoms with van der Waals surface area (Å²) in [5, 5.41) is 8.99. The van der Waals surface area contributed by atoms with Gasteiger partial charge in [0.1, 0.15) is 11.6 Å². The van der Waals surface area contributed by atoms with Crippen molar-refractivity contribution in [2.45, 2.75) is 13.3 Å². The zero-order valence-electron chi connectivity index (χ0n) is 11.6. The number of fused-ring (bicyclic) bond motifs is 1. The Hall–Kier alpha value is -1.81. The number of ether oxygens (including phenoxy) is 1. The van der Waals surface area contributed by atoms with Gasteiger partial charge in [-0.1, -0.05) is 6.92 Å². The van der Waals surface area contributed by atoms with Crippen LogP contribution in [0.25, 0.3) is 10.8 Å². The number of hydrogen-bond acceptors (Lipinski definition) is 4. The van der Waals surface area contributed by atoms with Crippen LogP contribution in [0.3, 0.4) is 0 Å². The van der Waals surface area contributed by atoms with Gasteiger partial charge in [-0.15, -0.1) is 0 Å². The molecule has 1 heterocycles. The minimum absolute atomic E-state index is 0.870. The maximum absolute atomic E-state index is 5.24. The van der Waals surface area contributed by atoms with Crippen LogP contribution in [-0.4, -0.2) is 31.7 Å². The first-order valence-electron chi connectivity index (χ1n) is 6.72. The number of aromatic nitrogens is 1. The molecule has 4 nitrogen and oxygen atoms in total. The summed E-state index contributed by atoms with van der Waals surface area (Å²) in [6.07, 6.45) is 2.98. The van der Waals surface area contributed by atoms with E-state index in [1.165, 1.54) is 0 Å². The second-order valence-corrected chi connectivity index (χ2v) is 4.42. The van der Waals surface area contributed by atoms with Crippen molar-refractivity contribution in [2.75, 3.05) is 32.1 Å². The predicted molar refractivity (Wildman–Crippen MR) is 79.9 cm³/mol. The lowest BCUT2D eigenvalue weighted by Crippen LogP contribution is -2.23. The molecular formula is C15H21N3O. The van der Waals surface area contributed by atoms with E-state index in [9.17, 15) is 0 Å². The zero-order valence-corrected chi connectivity index (χ0v) is 11.6. The first kappa shape index (κ1) is 13.6. The van der Waals surface area contributed by atoms with Gasteiger partial charge in [-0.2, -0.15) is 0 Å². The second-order valence-electron chi connectivity index (χ2n) is 4.42. The smallest absolute Gasteiger partial charge is 0.133 e. The molecule has 0 saturated heterocycles. The lowest BCUT2D eigenvalue weighted by atomic mass is 10.1. The quantitative estimate of drug-likeness (QED) is 0.750.